The summed E-state index contributed by atoms with van der Waals surface area (Å²) in [5.41, 5.74) is 0. The average molecular weight is 453 g/mol. The Bertz CT molecular complexity index is 301. The van der Waals surface area contributed by atoms with Gasteiger partial charge < -0.3 is 4.48 Å². The van der Waals surface area contributed by atoms with Crippen LogP contribution < -0.4 is 0 Å². The first-order valence-electron chi connectivity index (χ1n) is 15.6. The Morgan fingerprint density at radius 1 is 0.250 bits per heavy atom. The van der Waals surface area contributed by atoms with Crippen LogP contribution in [0.2, 0.25) is 0 Å². The fraction of sp³-hybridized carbons (Fsp3) is 1.00. The van der Waals surface area contributed by atoms with Gasteiger partial charge in [0.2, 0.25) is 0 Å². The highest BCUT2D eigenvalue weighted by molar-refractivity contribution is 4.54. The molecule has 0 unspecified atom stereocenters. The van der Waals surface area contributed by atoms with Gasteiger partial charge in [-0.25, -0.2) is 0 Å². The van der Waals surface area contributed by atoms with Crippen LogP contribution in [0.4, 0.5) is 0 Å². The van der Waals surface area contributed by atoms with Crippen molar-refractivity contribution in [3.05, 3.63) is 0 Å². The smallest absolute Gasteiger partial charge is 0.0786 e. The van der Waals surface area contributed by atoms with Gasteiger partial charge in [-0.15, -0.1) is 0 Å². The third kappa shape index (κ3) is 20.6. The minimum Gasteiger partial charge on any atom is -0.324 e. The van der Waals surface area contributed by atoms with Crippen LogP contribution in [0.25, 0.3) is 0 Å². The highest BCUT2D eigenvalue weighted by atomic mass is 15.3. The molecule has 0 spiro atoms. The number of rotatable bonds is 27. The van der Waals surface area contributed by atoms with Gasteiger partial charge in [0.1, 0.15) is 0 Å². The average Bonchev–Trinajstić information content (AvgIpc) is 2.80. The van der Waals surface area contributed by atoms with E-state index in [0.29, 0.717) is 0 Å². The minimum absolute atomic E-state index is 1.37. The van der Waals surface area contributed by atoms with Crippen molar-refractivity contribution in [1.82, 2.24) is 0 Å². The zero-order chi connectivity index (χ0) is 23.6. The Hall–Kier alpha value is -0.0400. The Morgan fingerprint density at radius 2 is 0.438 bits per heavy atom. The molecule has 0 fully saturated rings. The number of hydrogen-bond donors (Lipinski definition) is 0. The molecule has 32 heavy (non-hydrogen) atoms. The molecule has 0 N–H and O–H groups in total. The zero-order valence-electron chi connectivity index (χ0n) is 23.5. The molecule has 0 aliphatic rings. The van der Waals surface area contributed by atoms with E-state index in [4.69, 9.17) is 0 Å². The quantitative estimate of drug-likeness (QED) is 0.0858. The summed E-state index contributed by atoms with van der Waals surface area (Å²) in [7, 11) is 0. The van der Waals surface area contributed by atoms with Crippen molar-refractivity contribution in [2.24, 2.45) is 0 Å². The van der Waals surface area contributed by atoms with Crippen molar-refractivity contribution in [1.29, 1.82) is 0 Å². The number of quaternary nitrogens is 1. The van der Waals surface area contributed by atoms with Crippen LogP contribution in [0.1, 0.15) is 175 Å². The standard InChI is InChI=1S/C31H66N/c1-5-9-13-17-18-19-23-27-31-32(28-24-20-14-10-6-2,29-25-21-15-11-7-3)30-26-22-16-12-8-4/h5-31H2,1-4H3/q+1. The molecule has 0 aliphatic carbocycles. The first kappa shape index (κ1) is 32.0. The van der Waals surface area contributed by atoms with Crippen LogP contribution in [0, 0.1) is 0 Å². The SMILES string of the molecule is CCCCCCCCCC[N+](CCCCCCC)(CCCCCCC)CCCCCCC. The second kappa shape index (κ2) is 25.6. The van der Waals surface area contributed by atoms with Gasteiger partial charge in [-0.3, -0.25) is 0 Å². The maximum Gasteiger partial charge on any atom is 0.0786 e. The van der Waals surface area contributed by atoms with Crippen LogP contribution in [-0.2, 0) is 0 Å². The van der Waals surface area contributed by atoms with Gasteiger partial charge in [0.25, 0.3) is 0 Å². The number of hydrogen-bond acceptors (Lipinski definition) is 0. The zero-order valence-corrected chi connectivity index (χ0v) is 23.5. The molecule has 0 rings (SSSR count). The fourth-order valence-corrected chi connectivity index (χ4v) is 5.40. The van der Waals surface area contributed by atoms with Gasteiger partial charge in [0.15, 0.2) is 0 Å². The van der Waals surface area contributed by atoms with Crippen molar-refractivity contribution in [3.8, 4) is 0 Å². The normalized spacial score (nSPS) is 12.0. The lowest BCUT2D eigenvalue weighted by atomic mass is 10.0. The molecule has 0 bridgehead atoms. The third-order valence-electron chi connectivity index (χ3n) is 7.69. The molecule has 0 heterocycles. The summed E-state index contributed by atoms with van der Waals surface area (Å²) in [6.07, 6.45) is 33.3. The van der Waals surface area contributed by atoms with Gasteiger partial charge >= 0.3 is 0 Å². The van der Waals surface area contributed by atoms with Crippen molar-refractivity contribution >= 4 is 0 Å². The second-order valence-corrected chi connectivity index (χ2v) is 11.0. The highest BCUT2D eigenvalue weighted by Crippen LogP contribution is 2.20. The lowest BCUT2D eigenvalue weighted by Gasteiger charge is -2.40. The molecular weight excluding hydrogens is 386 g/mol. The molecule has 0 aromatic heterocycles. The van der Waals surface area contributed by atoms with Gasteiger partial charge in [0.05, 0.1) is 26.2 Å². The van der Waals surface area contributed by atoms with Crippen LogP contribution in [0.3, 0.4) is 0 Å². The molecule has 0 amide bonds. The van der Waals surface area contributed by atoms with E-state index in [1.807, 2.05) is 0 Å². The summed E-state index contributed by atoms with van der Waals surface area (Å²) < 4.78 is 1.47. The molecule has 0 saturated carbocycles. The van der Waals surface area contributed by atoms with Crippen molar-refractivity contribution < 1.29 is 4.48 Å². The molecule has 0 atom stereocenters. The van der Waals surface area contributed by atoms with Crippen molar-refractivity contribution in [2.45, 2.75) is 175 Å². The van der Waals surface area contributed by atoms with E-state index in [1.54, 1.807) is 0 Å². The van der Waals surface area contributed by atoms with Gasteiger partial charge in [-0.05, 0) is 51.4 Å². The second-order valence-electron chi connectivity index (χ2n) is 11.0. The maximum absolute atomic E-state index is 2.34. The van der Waals surface area contributed by atoms with Crippen LogP contribution in [0.15, 0.2) is 0 Å². The lowest BCUT2D eigenvalue weighted by molar-refractivity contribution is -0.929. The predicted octanol–water partition coefficient (Wildman–Crippen LogP) is 10.9. The van der Waals surface area contributed by atoms with Crippen LogP contribution >= 0.6 is 0 Å². The van der Waals surface area contributed by atoms with Crippen molar-refractivity contribution in [2.75, 3.05) is 26.2 Å². The molecular formula is C31H66N+. The maximum atomic E-state index is 2.34. The monoisotopic (exact) mass is 453 g/mol. The number of nitrogens with zero attached hydrogens (tertiary/aromatic N) is 1. The van der Waals surface area contributed by atoms with Gasteiger partial charge in [0, 0.05) is 0 Å². The summed E-state index contributed by atoms with van der Waals surface area (Å²) in [5.74, 6) is 0. The topological polar surface area (TPSA) is 0 Å². The fourth-order valence-electron chi connectivity index (χ4n) is 5.40. The van der Waals surface area contributed by atoms with Crippen LogP contribution in [0.5, 0.6) is 0 Å². The molecule has 1 heteroatoms. The summed E-state index contributed by atoms with van der Waals surface area (Å²) >= 11 is 0. The predicted molar refractivity (Wildman–Crippen MR) is 149 cm³/mol. The van der Waals surface area contributed by atoms with Crippen molar-refractivity contribution in [3.63, 3.8) is 0 Å². The van der Waals surface area contributed by atoms with E-state index in [0.717, 1.165) is 0 Å². The molecule has 0 aromatic rings. The minimum atomic E-state index is 1.37. The van der Waals surface area contributed by atoms with E-state index >= 15 is 0 Å². The highest BCUT2D eigenvalue weighted by Gasteiger charge is 2.25. The first-order valence-corrected chi connectivity index (χ1v) is 15.6. The largest absolute Gasteiger partial charge is 0.324 e. The molecule has 1 nitrogen and oxygen atoms in total. The first-order chi connectivity index (χ1) is 15.7. The number of unbranched alkanes of at least 4 members (excludes halogenated alkanes) is 19. The Labute approximate surface area is 206 Å². The van der Waals surface area contributed by atoms with E-state index < -0.39 is 0 Å². The summed E-state index contributed by atoms with van der Waals surface area (Å²) in [6.45, 7) is 15.2. The van der Waals surface area contributed by atoms with Crippen LogP contribution in [-0.4, -0.2) is 30.7 Å². The van der Waals surface area contributed by atoms with Gasteiger partial charge in [-0.1, -0.05) is 124 Å². The summed E-state index contributed by atoms with van der Waals surface area (Å²) in [4.78, 5) is 0. The molecule has 194 valence electrons. The van der Waals surface area contributed by atoms with E-state index in [2.05, 4.69) is 27.7 Å². The molecule has 0 saturated heterocycles. The third-order valence-corrected chi connectivity index (χ3v) is 7.69. The van der Waals surface area contributed by atoms with Gasteiger partial charge in [-0.2, -0.15) is 0 Å². The van der Waals surface area contributed by atoms with E-state index in [-0.39, 0.29) is 0 Å². The molecule has 0 aromatic carbocycles. The molecule has 0 radical (unpaired) electrons. The summed E-state index contributed by atoms with van der Waals surface area (Å²) in [6, 6.07) is 0. The Balaban J connectivity index is 4.66. The lowest BCUT2D eigenvalue weighted by Crippen LogP contribution is -2.50. The van der Waals surface area contributed by atoms with E-state index in [1.165, 1.54) is 178 Å². The Kier molecular flexibility index (Phi) is 25.5. The summed E-state index contributed by atoms with van der Waals surface area (Å²) in [5, 5.41) is 0. The molecule has 0 aliphatic heterocycles. The van der Waals surface area contributed by atoms with E-state index in [9.17, 15) is 0 Å². The Morgan fingerprint density at radius 3 is 0.656 bits per heavy atom.